The zero-order valence-corrected chi connectivity index (χ0v) is 23.8. The fourth-order valence-corrected chi connectivity index (χ4v) is 7.25. The van der Waals surface area contributed by atoms with Crippen molar-refractivity contribution in [3.8, 4) is 11.6 Å². The highest BCUT2D eigenvalue weighted by Crippen LogP contribution is 2.36. The Morgan fingerprint density at radius 2 is 1.67 bits per heavy atom. The number of carbonyl (C=O) groups is 1. The maximum Gasteiger partial charge on any atom is 0.333 e. The van der Waals surface area contributed by atoms with E-state index >= 15 is 0 Å². The lowest BCUT2D eigenvalue weighted by Gasteiger charge is -2.34. The molecule has 2 fully saturated rings. The third-order valence-electron chi connectivity index (χ3n) is 8.60. The molecule has 1 amide bonds. The number of amidine groups is 1. The van der Waals surface area contributed by atoms with Crippen molar-refractivity contribution >= 4 is 27.8 Å². The lowest BCUT2D eigenvalue weighted by atomic mass is 9.82. The second-order valence-electron chi connectivity index (χ2n) is 11.4. The van der Waals surface area contributed by atoms with Crippen LogP contribution in [0.4, 0.5) is 0 Å². The van der Waals surface area contributed by atoms with Gasteiger partial charge >= 0.3 is 5.69 Å². The molecule has 0 bridgehead atoms. The highest BCUT2D eigenvalue weighted by Gasteiger charge is 2.48. The molecule has 0 atom stereocenters. The first-order valence-electron chi connectivity index (χ1n) is 13.6. The maximum atomic E-state index is 13.2. The van der Waals surface area contributed by atoms with E-state index in [2.05, 4.69) is 17.2 Å². The van der Waals surface area contributed by atoms with Crippen LogP contribution in [0, 0.1) is 32.6 Å². The first-order valence-corrected chi connectivity index (χ1v) is 15.1. The normalized spacial score (nSPS) is 23.9. The number of nitrogens with one attached hydrogen (secondary N) is 2. The number of carbonyl (C=O) groups excluding carboxylic acids is 1. The molecule has 210 valence electrons. The maximum absolute atomic E-state index is 13.2. The van der Waals surface area contributed by atoms with E-state index in [0.29, 0.717) is 30.1 Å². The molecule has 1 aromatic carbocycles. The van der Waals surface area contributed by atoms with Crippen LogP contribution in [0.5, 0.6) is 5.88 Å². The second-order valence-corrected chi connectivity index (χ2v) is 13.2. The molecule has 0 unspecified atom stereocenters. The summed E-state index contributed by atoms with van der Waals surface area (Å²) in [4.78, 5) is 32.6. The predicted octanol–water partition coefficient (Wildman–Crippen LogP) is 3.29. The highest BCUT2D eigenvalue weighted by molar-refractivity contribution is 7.92. The first-order chi connectivity index (χ1) is 18.4. The summed E-state index contributed by atoms with van der Waals surface area (Å²) in [6.45, 7) is 7.98. The molecule has 39 heavy (non-hydrogen) atoms. The number of sulfonamides is 1. The highest BCUT2D eigenvalue weighted by atomic mass is 32.2. The number of aromatic hydroxyl groups is 1. The Bertz CT molecular complexity index is 1490. The Morgan fingerprint density at radius 3 is 2.23 bits per heavy atom. The SMILES string of the molecule is Cc1cc(-n2c(O)c(C)[nH]c2=O)cc(C)c1C=CS(=O)(=O)N1CCC2(CC1)N=C(C1CCC(C)CC1)NC2=O. The minimum Gasteiger partial charge on any atom is -0.493 e. The lowest BCUT2D eigenvalue weighted by Crippen LogP contribution is -2.50. The molecule has 5 rings (SSSR count). The number of H-pyrrole nitrogens is 1. The Morgan fingerprint density at radius 1 is 1.05 bits per heavy atom. The van der Waals surface area contributed by atoms with Crippen LogP contribution in [0.15, 0.2) is 27.3 Å². The van der Waals surface area contributed by atoms with Gasteiger partial charge in [0.15, 0.2) is 0 Å². The Balaban J connectivity index is 1.29. The topological polar surface area (TPSA) is 137 Å². The number of rotatable bonds is 5. The van der Waals surface area contributed by atoms with Crippen LogP contribution in [0.3, 0.4) is 0 Å². The monoisotopic (exact) mass is 555 g/mol. The van der Waals surface area contributed by atoms with Crippen molar-refractivity contribution in [3.63, 3.8) is 0 Å². The number of aliphatic imine (C=N–C) groups is 1. The number of amides is 1. The molecule has 3 heterocycles. The van der Waals surface area contributed by atoms with Gasteiger partial charge in [-0.25, -0.2) is 17.8 Å². The lowest BCUT2D eigenvalue weighted by molar-refractivity contribution is -0.125. The van der Waals surface area contributed by atoms with Gasteiger partial charge in [-0.15, -0.1) is 0 Å². The minimum absolute atomic E-state index is 0.0992. The van der Waals surface area contributed by atoms with Gasteiger partial charge in [0.1, 0.15) is 11.4 Å². The zero-order chi connectivity index (χ0) is 28.1. The van der Waals surface area contributed by atoms with Gasteiger partial charge in [0.25, 0.3) is 5.91 Å². The number of aryl methyl sites for hydroxylation is 3. The molecule has 1 aliphatic carbocycles. The molecule has 0 radical (unpaired) electrons. The Hall–Kier alpha value is -3.18. The van der Waals surface area contributed by atoms with Crippen LogP contribution in [-0.2, 0) is 14.8 Å². The number of imidazole rings is 1. The molecular formula is C28H37N5O5S. The molecular weight excluding hydrogens is 518 g/mol. The van der Waals surface area contributed by atoms with Crippen molar-refractivity contribution in [3.05, 3.63) is 50.4 Å². The van der Waals surface area contributed by atoms with Crippen molar-refractivity contribution in [2.75, 3.05) is 13.1 Å². The summed E-state index contributed by atoms with van der Waals surface area (Å²) in [6.07, 6.45) is 6.63. The van der Waals surface area contributed by atoms with Crippen molar-refractivity contribution in [2.45, 2.75) is 71.8 Å². The standard InChI is InChI=1S/C28H37N5O5S/c1-17-5-7-21(8-6-17)24-30-26(35)28(31-24)10-12-32(13-11-28)39(37,38)14-9-23-18(2)15-22(16-19(23)3)33-25(34)20(4)29-27(33)36/h9,14-17,21,34H,5-8,10-13H2,1-4H3,(H,29,36)(H,30,31,35). The summed E-state index contributed by atoms with van der Waals surface area (Å²) in [5, 5.41) is 14.5. The van der Waals surface area contributed by atoms with Crippen LogP contribution in [0.1, 0.15) is 67.8 Å². The smallest absolute Gasteiger partial charge is 0.333 e. The molecule has 10 nitrogen and oxygen atoms in total. The van der Waals surface area contributed by atoms with Crippen molar-refractivity contribution in [1.29, 1.82) is 0 Å². The summed E-state index contributed by atoms with van der Waals surface area (Å²) in [5.41, 5.74) is 1.81. The molecule has 3 N–H and O–H groups in total. The number of hydrogen-bond donors (Lipinski definition) is 3. The van der Waals surface area contributed by atoms with E-state index in [1.165, 1.54) is 14.3 Å². The minimum atomic E-state index is -3.72. The number of piperidine rings is 1. The predicted molar refractivity (Wildman–Crippen MR) is 150 cm³/mol. The van der Waals surface area contributed by atoms with Gasteiger partial charge in [-0.1, -0.05) is 19.8 Å². The van der Waals surface area contributed by atoms with Crippen molar-refractivity contribution in [1.82, 2.24) is 19.2 Å². The van der Waals surface area contributed by atoms with Gasteiger partial charge in [-0.3, -0.25) is 9.79 Å². The third kappa shape index (κ3) is 5.09. The van der Waals surface area contributed by atoms with E-state index in [9.17, 15) is 23.1 Å². The number of nitrogens with zero attached hydrogens (tertiary/aromatic N) is 3. The van der Waals surface area contributed by atoms with E-state index in [4.69, 9.17) is 4.99 Å². The van der Waals surface area contributed by atoms with Gasteiger partial charge < -0.3 is 15.4 Å². The molecule has 2 aromatic rings. The summed E-state index contributed by atoms with van der Waals surface area (Å²) < 4.78 is 29.0. The number of hydrogen-bond acceptors (Lipinski definition) is 6. The molecule has 1 spiro atoms. The van der Waals surface area contributed by atoms with Crippen LogP contribution in [0.25, 0.3) is 11.8 Å². The average Bonchev–Trinajstić information content (AvgIpc) is 3.33. The fourth-order valence-electron chi connectivity index (χ4n) is 6.08. The van der Waals surface area contributed by atoms with Crippen LogP contribution >= 0.6 is 0 Å². The Labute approximate surface area is 228 Å². The summed E-state index contributed by atoms with van der Waals surface area (Å²) in [6, 6.07) is 3.47. The van der Waals surface area contributed by atoms with Gasteiger partial charge in [0.05, 0.1) is 11.4 Å². The van der Waals surface area contributed by atoms with Crippen LogP contribution in [0.2, 0.25) is 0 Å². The van der Waals surface area contributed by atoms with E-state index in [-0.39, 0.29) is 30.8 Å². The fraction of sp³-hybridized carbons (Fsp3) is 0.536. The van der Waals surface area contributed by atoms with Crippen LogP contribution < -0.4 is 11.0 Å². The van der Waals surface area contributed by atoms with Gasteiger partial charge in [0.2, 0.25) is 15.9 Å². The summed E-state index contributed by atoms with van der Waals surface area (Å²) in [5.74, 6) is 1.53. The van der Waals surface area contributed by atoms with Gasteiger partial charge in [-0.2, -0.15) is 4.31 Å². The van der Waals surface area contributed by atoms with Crippen molar-refractivity contribution < 1.29 is 18.3 Å². The van der Waals surface area contributed by atoms with E-state index < -0.39 is 21.3 Å². The van der Waals surface area contributed by atoms with Crippen molar-refractivity contribution in [2.24, 2.45) is 16.8 Å². The molecule has 11 heteroatoms. The van der Waals surface area contributed by atoms with E-state index in [0.717, 1.165) is 48.2 Å². The number of aromatic nitrogens is 2. The average molecular weight is 556 g/mol. The summed E-state index contributed by atoms with van der Waals surface area (Å²) >= 11 is 0. The second kappa shape index (κ2) is 10.1. The molecule has 1 aromatic heterocycles. The molecule has 2 aliphatic heterocycles. The van der Waals surface area contributed by atoms with Gasteiger partial charge in [0, 0.05) is 24.4 Å². The number of aromatic amines is 1. The van der Waals surface area contributed by atoms with Crippen LogP contribution in [-0.4, -0.2) is 57.8 Å². The van der Waals surface area contributed by atoms with E-state index in [1.807, 2.05) is 13.8 Å². The number of benzene rings is 1. The van der Waals surface area contributed by atoms with E-state index in [1.54, 1.807) is 25.1 Å². The summed E-state index contributed by atoms with van der Waals surface area (Å²) in [7, 11) is -3.72. The quantitative estimate of drug-likeness (QED) is 0.520. The largest absolute Gasteiger partial charge is 0.493 e. The molecule has 1 saturated heterocycles. The van der Waals surface area contributed by atoms with Gasteiger partial charge in [-0.05, 0) is 87.3 Å². The first kappa shape index (κ1) is 27.4. The molecule has 1 saturated carbocycles. The third-order valence-corrected chi connectivity index (χ3v) is 10.2. The molecule has 3 aliphatic rings. The zero-order valence-electron chi connectivity index (χ0n) is 23.0. The Kier molecular flexibility index (Phi) is 7.09.